The summed E-state index contributed by atoms with van der Waals surface area (Å²) in [5.41, 5.74) is 6.24. The molecule has 1 saturated carbocycles. The molecule has 4 nitrogen and oxygen atoms in total. The lowest BCUT2D eigenvalue weighted by molar-refractivity contribution is -0.123. The summed E-state index contributed by atoms with van der Waals surface area (Å²) in [5, 5.41) is 2.91. The van der Waals surface area contributed by atoms with Crippen LogP contribution in [0.25, 0.3) is 0 Å². The number of hydrogen-bond acceptors (Lipinski definition) is 3. The van der Waals surface area contributed by atoms with Gasteiger partial charge in [0.1, 0.15) is 0 Å². The molecule has 0 unspecified atom stereocenters. The van der Waals surface area contributed by atoms with Crippen LogP contribution < -0.4 is 11.1 Å². The fourth-order valence-electron chi connectivity index (χ4n) is 1.44. The van der Waals surface area contributed by atoms with Crippen molar-refractivity contribution in [3.8, 4) is 0 Å². The molecule has 4 heteroatoms. The van der Waals surface area contributed by atoms with Gasteiger partial charge in [0, 0.05) is 12.4 Å². The van der Waals surface area contributed by atoms with Crippen LogP contribution in [0.4, 0.5) is 0 Å². The first-order valence-electron chi connectivity index (χ1n) is 5.12. The highest BCUT2D eigenvalue weighted by molar-refractivity contribution is 5.89. The standard InChI is InChI=1S/C11H15N3O/c1-8(9-2-6-13-7-3-9)14-10(15)11(12)4-5-11/h2-3,6-8H,4-5,12H2,1H3,(H,14,15)/t8-/m0/s1. The predicted molar refractivity (Wildman–Crippen MR) is 56.9 cm³/mol. The van der Waals surface area contributed by atoms with E-state index in [2.05, 4.69) is 10.3 Å². The van der Waals surface area contributed by atoms with Crippen molar-refractivity contribution in [2.75, 3.05) is 0 Å². The quantitative estimate of drug-likeness (QED) is 0.765. The molecule has 0 aliphatic heterocycles. The molecule has 1 aliphatic rings. The summed E-state index contributed by atoms with van der Waals surface area (Å²) in [5.74, 6) is -0.0492. The Kier molecular flexibility index (Phi) is 2.44. The fourth-order valence-corrected chi connectivity index (χ4v) is 1.44. The van der Waals surface area contributed by atoms with Gasteiger partial charge in [-0.05, 0) is 37.5 Å². The van der Waals surface area contributed by atoms with E-state index in [-0.39, 0.29) is 11.9 Å². The zero-order valence-corrected chi connectivity index (χ0v) is 8.73. The molecule has 1 heterocycles. The van der Waals surface area contributed by atoms with Gasteiger partial charge in [0.2, 0.25) is 5.91 Å². The molecular weight excluding hydrogens is 190 g/mol. The second kappa shape index (κ2) is 3.62. The number of rotatable bonds is 3. The van der Waals surface area contributed by atoms with Crippen molar-refractivity contribution in [3.05, 3.63) is 30.1 Å². The second-order valence-electron chi connectivity index (χ2n) is 4.13. The van der Waals surface area contributed by atoms with Gasteiger partial charge in [-0.1, -0.05) is 0 Å². The Labute approximate surface area is 88.9 Å². The molecule has 2 rings (SSSR count). The van der Waals surface area contributed by atoms with Crippen molar-refractivity contribution in [3.63, 3.8) is 0 Å². The minimum absolute atomic E-state index is 0.0125. The molecule has 0 aromatic carbocycles. The molecule has 1 aromatic rings. The highest BCUT2D eigenvalue weighted by Crippen LogP contribution is 2.32. The first-order chi connectivity index (χ1) is 7.12. The number of pyridine rings is 1. The summed E-state index contributed by atoms with van der Waals surface area (Å²) >= 11 is 0. The van der Waals surface area contributed by atoms with Crippen LogP contribution in [0.3, 0.4) is 0 Å². The first kappa shape index (κ1) is 10.1. The Morgan fingerprint density at radius 1 is 1.53 bits per heavy atom. The third kappa shape index (κ3) is 2.15. The molecule has 1 amide bonds. The maximum absolute atomic E-state index is 11.7. The lowest BCUT2D eigenvalue weighted by atomic mass is 10.1. The average Bonchev–Trinajstić information content (AvgIpc) is 2.99. The molecule has 1 aromatic heterocycles. The fraction of sp³-hybridized carbons (Fsp3) is 0.455. The van der Waals surface area contributed by atoms with Gasteiger partial charge in [-0.25, -0.2) is 0 Å². The van der Waals surface area contributed by atoms with E-state index in [1.54, 1.807) is 12.4 Å². The number of nitrogens with zero attached hydrogens (tertiary/aromatic N) is 1. The molecule has 0 radical (unpaired) electrons. The smallest absolute Gasteiger partial charge is 0.240 e. The van der Waals surface area contributed by atoms with Crippen LogP contribution in [0.5, 0.6) is 0 Å². The summed E-state index contributed by atoms with van der Waals surface area (Å²) in [4.78, 5) is 15.6. The Morgan fingerprint density at radius 2 is 2.13 bits per heavy atom. The minimum Gasteiger partial charge on any atom is -0.348 e. The minimum atomic E-state index is -0.596. The Hall–Kier alpha value is -1.42. The maximum atomic E-state index is 11.7. The normalized spacial score (nSPS) is 19.3. The SMILES string of the molecule is C[C@H](NC(=O)C1(N)CC1)c1ccncc1. The average molecular weight is 205 g/mol. The number of carbonyl (C=O) groups excluding carboxylic acids is 1. The molecule has 1 fully saturated rings. The summed E-state index contributed by atoms with van der Waals surface area (Å²) in [6, 6.07) is 3.77. The van der Waals surface area contributed by atoms with Crippen LogP contribution >= 0.6 is 0 Å². The van der Waals surface area contributed by atoms with Gasteiger partial charge in [-0.15, -0.1) is 0 Å². The lowest BCUT2D eigenvalue weighted by Crippen LogP contribution is -2.43. The van der Waals surface area contributed by atoms with Crippen LogP contribution in [0.2, 0.25) is 0 Å². The van der Waals surface area contributed by atoms with Crippen LogP contribution in [-0.4, -0.2) is 16.4 Å². The Bertz CT molecular complexity index is 359. The van der Waals surface area contributed by atoms with E-state index in [4.69, 9.17) is 5.73 Å². The Morgan fingerprint density at radius 3 is 2.67 bits per heavy atom. The van der Waals surface area contributed by atoms with Gasteiger partial charge in [-0.2, -0.15) is 0 Å². The zero-order valence-electron chi connectivity index (χ0n) is 8.73. The van der Waals surface area contributed by atoms with E-state index in [1.807, 2.05) is 19.1 Å². The molecule has 1 aliphatic carbocycles. The van der Waals surface area contributed by atoms with Gasteiger partial charge >= 0.3 is 0 Å². The van der Waals surface area contributed by atoms with Gasteiger partial charge in [-0.3, -0.25) is 9.78 Å². The molecule has 0 saturated heterocycles. The first-order valence-corrected chi connectivity index (χ1v) is 5.12. The number of amides is 1. The molecular formula is C11H15N3O. The molecule has 1 atom stereocenters. The van der Waals surface area contributed by atoms with E-state index in [1.165, 1.54) is 0 Å². The third-order valence-electron chi connectivity index (χ3n) is 2.79. The van der Waals surface area contributed by atoms with Crippen molar-refractivity contribution in [1.82, 2.24) is 10.3 Å². The van der Waals surface area contributed by atoms with E-state index < -0.39 is 5.54 Å². The summed E-state index contributed by atoms with van der Waals surface area (Å²) in [6.45, 7) is 1.94. The van der Waals surface area contributed by atoms with Gasteiger partial charge in [0.15, 0.2) is 0 Å². The number of carbonyl (C=O) groups is 1. The molecule has 80 valence electrons. The predicted octanol–water partition coefficient (Wildman–Crippen LogP) is 0.750. The van der Waals surface area contributed by atoms with Crippen LogP contribution in [-0.2, 0) is 4.79 Å². The molecule has 15 heavy (non-hydrogen) atoms. The number of nitrogens with two attached hydrogens (primary N) is 1. The van der Waals surface area contributed by atoms with Crippen molar-refractivity contribution in [2.45, 2.75) is 31.3 Å². The van der Waals surface area contributed by atoms with E-state index in [0.717, 1.165) is 18.4 Å². The molecule has 0 bridgehead atoms. The highest BCUT2D eigenvalue weighted by Gasteiger charge is 2.46. The highest BCUT2D eigenvalue weighted by atomic mass is 16.2. The van der Waals surface area contributed by atoms with Crippen LogP contribution in [0.15, 0.2) is 24.5 Å². The third-order valence-corrected chi connectivity index (χ3v) is 2.79. The topological polar surface area (TPSA) is 68.0 Å². The molecule has 0 spiro atoms. The second-order valence-corrected chi connectivity index (χ2v) is 4.13. The van der Waals surface area contributed by atoms with E-state index >= 15 is 0 Å². The summed E-state index contributed by atoms with van der Waals surface area (Å²) < 4.78 is 0. The number of nitrogens with one attached hydrogen (secondary N) is 1. The van der Waals surface area contributed by atoms with Crippen molar-refractivity contribution < 1.29 is 4.79 Å². The van der Waals surface area contributed by atoms with Crippen molar-refractivity contribution >= 4 is 5.91 Å². The Balaban J connectivity index is 1.98. The van der Waals surface area contributed by atoms with Crippen LogP contribution in [0, 0.1) is 0 Å². The monoisotopic (exact) mass is 205 g/mol. The van der Waals surface area contributed by atoms with Gasteiger partial charge in [0.05, 0.1) is 11.6 Å². The van der Waals surface area contributed by atoms with E-state index in [0.29, 0.717) is 0 Å². The van der Waals surface area contributed by atoms with Crippen molar-refractivity contribution in [1.29, 1.82) is 0 Å². The largest absolute Gasteiger partial charge is 0.348 e. The zero-order chi connectivity index (χ0) is 10.9. The van der Waals surface area contributed by atoms with Gasteiger partial charge < -0.3 is 11.1 Å². The van der Waals surface area contributed by atoms with Crippen molar-refractivity contribution in [2.24, 2.45) is 5.73 Å². The summed E-state index contributed by atoms with van der Waals surface area (Å²) in [7, 11) is 0. The summed E-state index contributed by atoms with van der Waals surface area (Å²) in [6.07, 6.45) is 5.02. The number of aromatic nitrogens is 1. The molecule has 3 N–H and O–H groups in total. The maximum Gasteiger partial charge on any atom is 0.240 e. The van der Waals surface area contributed by atoms with E-state index in [9.17, 15) is 4.79 Å². The van der Waals surface area contributed by atoms with Crippen LogP contribution in [0.1, 0.15) is 31.4 Å². The van der Waals surface area contributed by atoms with Gasteiger partial charge in [0.25, 0.3) is 0 Å². The lowest BCUT2D eigenvalue weighted by Gasteiger charge is -2.16. The number of hydrogen-bond donors (Lipinski definition) is 2.